The van der Waals surface area contributed by atoms with Crippen LogP contribution in [0, 0.1) is 0 Å². The summed E-state index contributed by atoms with van der Waals surface area (Å²) in [5, 5.41) is 7.18. The molecule has 5 heteroatoms. The van der Waals surface area contributed by atoms with Crippen LogP contribution in [-0.4, -0.2) is 32.3 Å². The first-order valence-electron chi connectivity index (χ1n) is 12.0. The van der Waals surface area contributed by atoms with Gasteiger partial charge in [-0.05, 0) is 49.9 Å². The Labute approximate surface area is 199 Å². The van der Waals surface area contributed by atoms with Crippen LogP contribution in [0.15, 0.2) is 24.3 Å². The Morgan fingerprint density at radius 3 is 2.07 bits per heavy atom. The fourth-order valence-electron chi connectivity index (χ4n) is 3.52. The summed E-state index contributed by atoms with van der Waals surface area (Å²) >= 11 is 0. The van der Waals surface area contributed by atoms with Crippen molar-refractivity contribution in [3.63, 3.8) is 0 Å². The van der Waals surface area contributed by atoms with Crippen molar-refractivity contribution in [1.29, 1.82) is 0 Å². The van der Waals surface area contributed by atoms with Crippen LogP contribution >= 0.6 is 24.8 Å². The molecule has 0 heterocycles. The number of hydrogen-bond donors (Lipinski definition) is 2. The molecule has 0 aromatic heterocycles. The SMILES string of the molecule is CCCCCCOc1ccc(CCC(CCCCCC)NCCNCC)cc1.Cl.Cl. The zero-order valence-corrected chi connectivity index (χ0v) is 21.4. The monoisotopic (exact) mass is 462 g/mol. The first-order chi connectivity index (χ1) is 13.8. The van der Waals surface area contributed by atoms with Crippen LogP contribution < -0.4 is 15.4 Å². The third kappa shape index (κ3) is 17.2. The van der Waals surface area contributed by atoms with E-state index in [1.54, 1.807) is 0 Å². The van der Waals surface area contributed by atoms with Crippen molar-refractivity contribution in [1.82, 2.24) is 10.6 Å². The molecule has 0 saturated heterocycles. The third-order valence-electron chi connectivity index (χ3n) is 5.36. The van der Waals surface area contributed by atoms with Gasteiger partial charge in [0.05, 0.1) is 6.61 Å². The van der Waals surface area contributed by atoms with Crippen LogP contribution in [0.2, 0.25) is 0 Å². The van der Waals surface area contributed by atoms with Crippen molar-refractivity contribution in [3.05, 3.63) is 29.8 Å². The summed E-state index contributed by atoms with van der Waals surface area (Å²) < 4.78 is 5.87. The lowest BCUT2D eigenvalue weighted by atomic mass is 10.00. The summed E-state index contributed by atoms with van der Waals surface area (Å²) in [5.74, 6) is 1.01. The van der Waals surface area contributed by atoms with Gasteiger partial charge in [-0.25, -0.2) is 0 Å². The normalized spacial score (nSPS) is 11.4. The maximum atomic E-state index is 5.87. The molecule has 0 saturated carbocycles. The number of unbranched alkanes of at least 4 members (excludes halogenated alkanes) is 6. The van der Waals surface area contributed by atoms with Crippen LogP contribution in [-0.2, 0) is 6.42 Å². The molecule has 1 rings (SSSR count). The van der Waals surface area contributed by atoms with Crippen LogP contribution in [0.4, 0.5) is 0 Å². The standard InChI is InChI=1S/C25H46N2O.2ClH/c1-4-7-9-11-13-24(27-21-20-26-6-3)17-14-23-15-18-25(19-16-23)28-22-12-10-8-5-2;;/h15-16,18-19,24,26-27H,4-14,17,20-22H2,1-3H3;2*1H. The smallest absolute Gasteiger partial charge is 0.119 e. The van der Waals surface area contributed by atoms with Gasteiger partial charge in [0.25, 0.3) is 0 Å². The van der Waals surface area contributed by atoms with E-state index in [1.807, 2.05) is 0 Å². The van der Waals surface area contributed by atoms with Crippen molar-refractivity contribution < 1.29 is 4.74 Å². The molecular weight excluding hydrogens is 415 g/mol. The number of benzene rings is 1. The number of nitrogens with one attached hydrogen (secondary N) is 2. The Kier molecular flexibility index (Phi) is 24.5. The maximum absolute atomic E-state index is 5.87. The highest BCUT2D eigenvalue weighted by Crippen LogP contribution is 2.16. The van der Waals surface area contributed by atoms with E-state index < -0.39 is 0 Å². The lowest BCUT2D eigenvalue weighted by Gasteiger charge is -2.19. The van der Waals surface area contributed by atoms with E-state index in [4.69, 9.17) is 4.74 Å². The number of likely N-dealkylation sites (N-methyl/N-ethyl adjacent to an activating group) is 1. The average molecular weight is 464 g/mol. The number of rotatable bonds is 19. The minimum Gasteiger partial charge on any atom is -0.494 e. The van der Waals surface area contributed by atoms with E-state index in [1.165, 1.54) is 63.4 Å². The molecule has 1 unspecified atom stereocenters. The first kappa shape index (κ1) is 31.7. The molecule has 3 nitrogen and oxygen atoms in total. The van der Waals surface area contributed by atoms with Crippen molar-refractivity contribution >= 4 is 24.8 Å². The number of ether oxygens (including phenoxy) is 1. The molecule has 30 heavy (non-hydrogen) atoms. The Morgan fingerprint density at radius 2 is 1.43 bits per heavy atom. The molecule has 0 radical (unpaired) electrons. The Balaban J connectivity index is 0. The molecule has 0 aliphatic carbocycles. The third-order valence-corrected chi connectivity index (χ3v) is 5.36. The predicted octanol–water partition coefficient (Wildman–Crippen LogP) is 6.96. The molecule has 1 aromatic rings. The van der Waals surface area contributed by atoms with Gasteiger partial charge >= 0.3 is 0 Å². The fourth-order valence-corrected chi connectivity index (χ4v) is 3.52. The average Bonchev–Trinajstić information content (AvgIpc) is 2.72. The van der Waals surface area contributed by atoms with Gasteiger partial charge in [-0.2, -0.15) is 0 Å². The van der Waals surface area contributed by atoms with E-state index in [0.29, 0.717) is 6.04 Å². The Morgan fingerprint density at radius 1 is 0.767 bits per heavy atom. The van der Waals surface area contributed by atoms with Crippen molar-refractivity contribution in [2.75, 3.05) is 26.2 Å². The molecule has 0 fully saturated rings. The highest BCUT2D eigenvalue weighted by atomic mass is 35.5. The number of halogens is 2. The maximum Gasteiger partial charge on any atom is 0.119 e. The van der Waals surface area contributed by atoms with E-state index in [-0.39, 0.29) is 24.8 Å². The molecule has 1 atom stereocenters. The van der Waals surface area contributed by atoms with Crippen LogP contribution in [0.1, 0.15) is 90.5 Å². The largest absolute Gasteiger partial charge is 0.494 e. The van der Waals surface area contributed by atoms with Crippen molar-refractivity contribution in [2.24, 2.45) is 0 Å². The molecule has 0 aliphatic rings. The number of hydrogen-bond acceptors (Lipinski definition) is 3. The lowest BCUT2D eigenvalue weighted by Crippen LogP contribution is -2.35. The van der Waals surface area contributed by atoms with E-state index >= 15 is 0 Å². The quantitative estimate of drug-likeness (QED) is 0.218. The predicted molar refractivity (Wildman–Crippen MR) is 138 cm³/mol. The molecular formula is C25H48Cl2N2O. The second-order valence-electron chi connectivity index (χ2n) is 7.95. The molecule has 0 bridgehead atoms. The minimum atomic E-state index is 0. The van der Waals surface area contributed by atoms with Crippen LogP contribution in [0.3, 0.4) is 0 Å². The number of aryl methyl sites for hydroxylation is 1. The highest BCUT2D eigenvalue weighted by Gasteiger charge is 2.08. The van der Waals surface area contributed by atoms with Crippen molar-refractivity contribution in [2.45, 2.75) is 97.4 Å². The molecule has 0 amide bonds. The molecule has 178 valence electrons. The summed E-state index contributed by atoms with van der Waals surface area (Å²) in [6, 6.07) is 9.40. The fraction of sp³-hybridized carbons (Fsp3) is 0.760. The Bertz CT molecular complexity index is 445. The summed E-state index contributed by atoms with van der Waals surface area (Å²) in [4.78, 5) is 0. The zero-order chi connectivity index (χ0) is 20.3. The summed E-state index contributed by atoms with van der Waals surface area (Å²) in [7, 11) is 0. The van der Waals surface area contributed by atoms with Gasteiger partial charge in [-0.15, -0.1) is 24.8 Å². The van der Waals surface area contributed by atoms with Gasteiger partial charge < -0.3 is 15.4 Å². The van der Waals surface area contributed by atoms with Gasteiger partial charge in [0.15, 0.2) is 0 Å². The van der Waals surface area contributed by atoms with Crippen molar-refractivity contribution in [3.8, 4) is 5.75 Å². The summed E-state index contributed by atoms with van der Waals surface area (Å²) in [6.07, 6.45) is 14.1. The summed E-state index contributed by atoms with van der Waals surface area (Å²) in [5.41, 5.74) is 1.42. The van der Waals surface area contributed by atoms with E-state index in [2.05, 4.69) is 55.7 Å². The van der Waals surface area contributed by atoms with Gasteiger partial charge in [0.2, 0.25) is 0 Å². The van der Waals surface area contributed by atoms with Gasteiger partial charge in [0.1, 0.15) is 5.75 Å². The van der Waals surface area contributed by atoms with Crippen LogP contribution in [0.5, 0.6) is 5.75 Å². The molecule has 0 aliphatic heterocycles. The minimum absolute atomic E-state index is 0. The Hall–Kier alpha value is -0.480. The lowest BCUT2D eigenvalue weighted by molar-refractivity contribution is 0.305. The molecule has 0 spiro atoms. The van der Waals surface area contributed by atoms with Gasteiger partial charge in [-0.3, -0.25) is 0 Å². The first-order valence-corrected chi connectivity index (χ1v) is 12.0. The summed E-state index contributed by atoms with van der Waals surface area (Å²) in [6.45, 7) is 10.7. The van der Waals surface area contributed by atoms with E-state index in [0.717, 1.165) is 44.8 Å². The second kappa shape index (κ2) is 23.2. The highest BCUT2D eigenvalue weighted by molar-refractivity contribution is 5.85. The zero-order valence-electron chi connectivity index (χ0n) is 19.7. The van der Waals surface area contributed by atoms with Crippen LogP contribution in [0.25, 0.3) is 0 Å². The van der Waals surface area contributed by atoms with E-state index in [9.17, 15) is 0 Å². The topological polar surface area (TPSA) is 33.3 Å². The second-order valence-corrected chi connectivity index (χ2v) is 7.95. The van der Waals surface area contributed by atoms with Gasteiger partial charge in [-0.1, -0.05) is 77.8 Å². The molecule has 2 N–H and O–H groups in total. The van der Waals surface area contributed by atoms with Gasteiger partial charge in [0, 0.05) is 19.1 Å². The molecule has 1 aromatic carbocycles.